The largest absolute Gasteiger partial charge is 0.454 e. The van der Waals surface area contributed by atoms with Crippen LogP contribution in [-0.2, 0) is 4.74 Å². The molecule has 27 heavy (non-hydrogen) atoms. The molecule has 3 rings (SSSR count). The second-order valence-corrected chi connectivity index (χ2v) is 6.68. The number of carbonyl (C=O) groups excluding carboxylic acids is 1. The smallest absolute Gasteiger partial charge is 0.322 e. The van der Waals surface area contributed by atoms with Gasteiger partial charge in [-0.2, -0.15) is 0 Å². The number of aliphatic hydroxyl groups is 1. The standard InChI is InChI=1S/C20H23FN2O4/c1-13(2)26-19-12-23(11-17(19)24)20(25)22-14-7-9-15(10-8-14)27-18-6-4-3-5-16(18)21/h3-10,13,17,19,24H,11-12H2,1-2H3,(H,22,25)/t17-,19-/m0/s1. The zero-order valence-electron chi connectivity index (χ0n) is 15.3. The van der Waals surface area contributed by atoms with Gasteiger partial charge in [0.2, 0.25) is 0 Å². The maximum absolute atomic E-state index is 13.6. The Morgan fingerprint density at radius 3 is 2.56 bits per heavy atom. The summed E-state index contributed by atoms with van der Waals surface area (Å²) in [5, 5.41) is 12.8. The maximum atomic E-state index is 13.6. The van der Waals surface area contributed by atoms with Crippen LogP contribution < -0.4 is 10.1 Å². The van der Waals surface area contributed by atoms with Crippen LogP contribution in [0.4, 0.5) is 14.9 Å². The van der Waals surface area contributed by atoms with Gasteiger partial charge in [-0.15, -0.1) is 0 Å². The predicted molar refractivity (Wildman–Crippen MR) is 99.5 cm³/mol. The van der Waals surface area contributed by atoms with Crippen molar-refractivity contribution in [3.8, 4) is 11.5 Å². The number of anilines is 1. The van der Waals surface area contributed by atoms with E-state index in [0.29, 0.717) is 18.0 Å². The molecule has 0 unspecified atom stereocenters. The number of amides is 2. The molecule has 1 saturated heterocycles. The molecule has 1 heterocycles. The summed E-state index contributed by atoms with van der Waals surface area (Å²) in [6.45, 7) is 4.33. The number of hydrogen-bond donors (Lipinski definition) is 2. The molecule has 0 radical (unpaired) electrons. The lowest BCUT2D eigenvalue weighted by Gasteiger charge is -2.18. The summed E-state index contributed by atoms with van der Waals surface area (Å²) in [6.07, 6.45) is -1.10. The van der Waals surface area contributed by atoms with E-state index in [2.05, 4.69) is 5.32 Å². The van der Waals surface area contributed by atoms with Crippen molar-refractivity contribution >= 4 is 11.7 Å². The highest BCUT2D eigenvalue weighted by Gasteiger charge is 2.35. The van der Waals surface area contributed by atoms with Gasteiger partial charge < -0.3 is 24.8 Å². The molecule has 2 amide bonds. The zero-order chi connectivity index (χ0) is 19.4. The number of nitrogens with one attached hydrogen (secondary N) is 1. The van der Waals surface area contributed by atoms with Crippen LogP contribution in [0.3, 0.4) is 0 Å². The van der Waals surface area contributed by atoms with Gasteiger partial charge in [-0.25, -0.2) is 9.18 Å². The number of β-amino-alcohol motifs (C(OH)–C–C–N with tert-alkyl or cyclic N) is 1. The minimum atomic E-state index is -0.699. The monoisotopic (exact) mass is 374 g/mol. The summed E-state index contributed by atoms with van der Waals surface area (Å²) < 4.78 is 24.7. The number of para-hydroxylation sites is 1. The molecule has 0 aliphatic carbocycles. The molecule has 6 nitrogen and oxygen atoms in total. The Hall–Kier alpha value is -2.64. The molecule has 2 atom stereocenters. The van der Waals surface area contributed by atoms with Crippen molar-refractivity contribution in [2.75, 3.05) is 18.4 Å². The molecule has 2 aromatic carbocycles. The molecule has 2 aromatic rings. The Labute approximate surface area is 157 Å². The van der Waals surface area contributed by atoms with Gasteiger partial charge in [0.1, 0.15) is 11.9 Å². The number of rotatable bonds is 5. The van der Waals surface area contributed by atoms with Crippen LogP contribution in [0.15, 0.2) is 48.5 Å². The second kappa shape index (κ2) is 8.37. The summed E-state index contributed by atoms with van der Waals surface area (Å²) in [6, 6.07) is 12.5. The number of likely N-dealkylation sites (tertiary alicyclic amines) is 1. The van der Waals surface area contributed by atoms with Crippen LogP contribution in [-0.4, -0.2) is 47.4 Å². The molecule has 2 N–H and O–H groups in total. The van der Waals surface area contributed by atoms with Crippen molar-refractivity contribution in [3.63, 3.8) is 0 Å². The minimum Gasteiger partial charge on any atom is -0.454 e. The Kier molecular flexibility index (Phi) is 5.93. The van der Waals surface area contributed by atoms with Crippen molar-refractivity contribution in [1.29, 1.82) is 0 Å². The second-order valence-electron chi connectivity index (χ2n) is 6.68. The summed E-state index contributed by atoms with van der Waals surface area (Å²) in [5.41, 5.74) is 0.573. The van der Waals surface area contributed by atoms with Gasteiger partial charge in [0.05, 0.1) is 25.3 Å². The van der Waals surface area contributed by atoms with Gasteiger partial charge in [-0.05, 0) is 50.2 Å². The van der Waals surface area contributed by atoms with Crippen LogP contribution in [0, 0.1) is 5.82 Å². The number of benzene rings is 2. The van der Waals surface area contributed by atoms with Crippen molar-refractivity contribution < 1.29 is 23.8 Å². The molecule has 1 aliphatic heterocycles. The first-order chi connectivity index (χ1) is 12.9. The molecule has 1 fully saturated rings. The first kappa shape index (κ1) is 19.1. The van der Waals surface area contributed by atoms with Crippen LogP contribution in [0.5, 0.6) is 11.5 Å². The fourth-order valence-corrected chi connectivity index (χ4v) is 2.87. The van der Waals surface area contributed by atoms with Gasteiger partial charge in [0.25, 0.3) is 0 Å². The van der Waals surface area contributed by atoms with Crippen LogP contribution >= 0.6 is 0 Å². The lowest BCUT2D eigenvalue weighted by molar-refractivity contribution is -0.0393. The SMILES string of the molecule is CC(C)O[C@H]1CN(C(=O)Nc2ccc(Oc3ccccc3F)cc2)C[C@@H]1O. The highest BCUT2D eigenvalue weighted by molar-refractivity contribution is 5.89. The van der Waals surface area contributed by atoms with Crippen molar-refractivity contribution in [2.24, 2.45) is 0 Å². The topological polar surface area (TPSA) is 71.0 Å². The molecule has 0 aromatic heterocycles. The summed E-state index contributed by atoms with van der Waals surface area (Å²) in [7, 11) is 0. The molecular weight excluding hydrogens is 351 g/mol. The van der Waals surface area contributed by atoms with Crippen molar-refractivity contribution in [3.05, 3.63) is 54.3 Å². The van der Waals surface area contributed by atoms with E-state index < -0.39 is 11.9 Å². The van der Waals surface area contributed by atoms with Crippen molar-refractivity contribution in [1.82, 2.24) is 4.90 Å². The first-order valence-electron chi connectivity index (χ1n) is 8.84. The predicted octanol–water partition coefficient (Wildman–Crippen LogP) is 3.62. The molecular formula is C20H23FN2O4. The molecule has 7 heteroatoms. The number of aliphatic hydroxyl groups excluding tert-OH is 1. The van der Waals surface area contributed by atoms with E-state index >= 15 is 0 Å². The number of carbonyl (C=O) groups is 1. The number of ether oxygens (including phenoxy) is 2. The summed E-state index contributed by atoms with van der Waals surface area (Å²) >= 11 is 0. The highest BCUT2D eigenvalue weighted by atomic mass is 19.1. The van der Waals surface area contributed by atoms with Gasteiger partial charge >= 0.3 is 6.03 Å². The number of nitrogens with zero attached hydrogens (tertiary/aromatic N) is 1. The third-order valence-electron chi connectivity index (χ3n) is 4.14. The van der Waals surface area contributed by atoms with E-state index in [0.717, 1.165) is 0 Å². The van der Waals surface area contributed by atoms with E-state index in [-0.39, 0.29) is 30.5 Å². The van der Waals surface area contributed by atoms with Crippen LogP contribution in [0.25, 0.3) is 0 Å². The highest BCUT2D eigenvalue weighted by Crippen LogP contribution is 2.25. The van der Waals surface area contributed by atoms with E-state index in [1.807, 2.05) is 13.8 Å². The average molecular weight is 374 g/mol. The zero-order valence-corrected chi connectivity index (χ0v) is 15.3. The van der Waals surface area contributed by atoms with E-state index in [9.17, 15) is 14.3 Å². The van der Waals surface area contributed by atoms with Gasteiger partial charge in [-0.1, -0.05) is 12.1 Å². The molecule has 0 saturated carbocycles. The Morgan fingerprint density at radius 1 is 1.19 bits per heavy atom. The van der Waals surface area contributed by atoms with Gasteiger partial charge in [0, 0.05) is 5.69 Å². The lowest BCUT2D eigenvalue weighted by Crippen LogP contribution is -2.34. The Bertz CT molecular complexity index is 782. The van der Waals surface area contributed by atoms with Gasteiger partial charge in [0.15, 0.2) is 11.6 Å². The fraction of sp³-hybridized carbons (Fsp3) is 0.350. The third-order valence-corrected chi connectivity index (χ3v) is 4.14. The third kappa shape index (κ3) is 4.96. The Balaban J connectivity index is 1.57. The Morgan fingerprint density at radius 2 is 1.89 bits per heavy atom. The quantitative estimate of drug-likeness (QED) is 0.839. The number of urea groups is 1. The van der Waals surface area contributed by atoms with Crippen LogP contribution in [0.2, 0.25) is 0 Å². The average Bonchev–Trinajstić information content (AvgIpc) is 2.99. The van der Waals surface area contributed by atoms with Crippen LogP contribution in [0.1, 0.15) is 13.8 Å². The molecule has 144 valence electrons. The molecule has 0 bridgehead atoms. The lowest BCUT2D eigenvalue weighted by atomic mass is 10.2. The summed E-state index contributed by atoms with van der Waals surface area (Å²) in [4.78, 5) is 13.9. The number of hydrogen-bond acceptors (Lipinski definition) is 4. The first-order valence-corrected chi connectivity index (χ1v) is 8.84. The van der Waals surface area contributed by atoms with Crippen molar-refractivity contribution in [2.45, 2.75) is 32.2 Å². The minimum absolute atomic E-state index is 0.0188. The molecule has 1 aliphatic rings. The maximum Gasteiger partial charge on any atom is 0.322 e. The summed E-state index contributed by atoms with van der Waals surface area (Å²) in [5.74, 6) is 0.150. The van der Waals surface area contributed by atoms with E-state index in [4.69, 9.17) is 9.47 Å². The fourth-order valence-electron chi connectivity index (χ4n) is 2.87. The van der Waals surface area contributed by atoms with E-state index in [1.165, 1.54) is 11.0 Å². The van der Waals surface area contributed by atoms with Gasteiger partial charge in [-0.3, -0.25) is 0 Å². The molecule has 0 spiro atoms. The number of halogens is 1. The van der Waals surface area contributed by atoms with E-state index in [1.54, 1.807) is 42.5 Å². The normalized spacial score (nSPS) is 19.4.